The zero-order valence-corrected chi connectivity index (χ0v) is 14.5. The highest BCUT2D eigenvalue weighted by atomic mass is 79.9. The minimum Gasteiger partial charge on any atom is -0.313 e. The van der Waals surface area contributed by atoms with Crippen LogP contribution in [0.15, 0.2) is 45.1 Å². The molecule has 1 aromatic heterocycles. The van der Waals surface area contributed by atoms with Gasteiger partial charge in [-0.15, -0.1) is 23.1 Å². The predicted octanol–water partition coefficient (Wildman–Crippen LogP) is 4.96. The Balaban J connectivity index is 1.94. The summed E-state index contributed by atoms with van der Waals surface area (Å²) in [6.07, 6.45) is 0.994. The normalized spacial score (nSPS) is 12.6. The molecule has 1 unspecified atom stereocenters. The Bertz CT molecular complexity index is 544. The van der Waals surface area contributed by atoms with Gasteiger partial charge in [-0.2, -0.15) is 0 Å². The Hall–Kier alpha value is -0.360. The molecule has 0 aliphatic rings. The van der Waals surface area contributed by atoms with E-state index in [1.807, 2.05) is 6.07 Å². The predicted molar refractivity (Wildman–Crippen MR) is 90.3 cm³/mol. The van der Waals surface area contributed by atoms with Crippen molar-refractivity contribution in [1.29, 1.82) is 0 Å². The summed E-state index contributed by atoms with van der Waals surface area (Å²) in [6.45, 7) is 3.06. The van der Waals surface area contributed by atoms with Crippen LogP contribution in [0.1, 0.15) is 11.8 Å². The molecule has 1 N–H and O–H groups in total. The molecular weight excluding hydrogens is 357 g/mol. The summed E-state index contributed by atoms with van der Waals surface area (Å²) in [5.41, 5.74) is 0. The number of rotatable bonds is 7. The van der Waals surface area contributed by atoms with Crippen LogP contribution in [-0.2, 0) is 6.42 Å². The van der Waals surface area contributed by atoms with Crippen LogP contribution in [0.25, 0.3) is 0 Å². The monoisotopic (exact) mass is 373 g/mol. The van der Waals surface area contributed by atoms with Crippen molar-refractivity contribution in [2.45, 2.75) is 24.3 Å². The third-order valence-electron chi connectivity index (χ3n) is 2.86. The van der Waals surface area contributed by atoms with Gasteiger partial charge in [-0.1, -0.05) is 13.0 Å². The zero-order chi connectivity index (χ0) is 14.4. The van der Waals surface area contributed by atoms with Crippen LogP contribution in [0, 0.1) is 5.82 Å². The maximum absolute atomic E-state index is 13.2. The van der Waals surface area contributed by atoms with Gasteiger partial charge in [0.2, 0.25) is 0 Å². The first-order valence-corrected chi connectivity index (χ1v) is 9.18. The van der Waals surface area contributed by atoms with Crippen molar-refractivity contribution in [3.05, 3.63) is 50.9 Å². The van der Waals surface area contributed by atoms with Gasteiger partial charge in [-0.25, -0.2) is 4.39 Å². The van der Waals surface area contributed by atoms with Gasteiger partial charge in [-0.05, 0) is 58.5 Å². The van der Waals surface area contributed by atoms with E-state index in [1.165, 1.54) is 15.4 Å². The fraction of sp³-hybridized carbons (Fsp3) is 0.333. The summed E-state index contributed by atoms with van der Waals surface area (Å²) in [7, 11) is 0. The second kappa shape index (κ2) is 8.17. The van der Waals surface area contributed by atoms with Crippen LogP contribution in [0.4, 0.5) is 4.39 Å². The van der Waals surface area contributed by atoms with Crippen molar-refractivity contribution in [1.82, 2.24) is 5.32 Å². The van der Waals surface area contributed by atoms with Gasteiger partial charge in [0.15, 0.2) is 0 Å². The molecule has 0 fully saturated rings. The summed E-state index contributed by atoms with van der Waals surface area (Å²) in [5.74, 6) is 0.762. The van der Waals surface area contributed by atoms with Gasteiger partial charge >= 0.3 is 0 Å². The van der Waals surface area contributed by atoms with E-state index < -0.39 is 0 Å². The van der Waals surface area contributed by atoms with Crippen LogP contribution < -0.4 is 5.32 Å². The molecule has 1 atom stereocenters. The number of halogens is 2. The van der Waals surface area contributed by atoms with Gasteiger partial charge < -0.3 is 5.32 Å². The van der Waals surface area contributed by atoms with E-state index in [9.17, 15) is 4.39 Å². The summed E-state index contributed by atoms with van der Waals surface area (Å²) in [4.78, 5) is 2.34. The molecule has 5 heteroatoms. The lowest BCUT2D eigenvalue weighted by atomic mass is 10.2. The van der Waals surface area contributed by atoms with Crippen LogP contribution in [0.5, 0.6) is 0 Å². The number of hydrogen-bond acceptors (Lipinski definition) is 3. The molecule has 0 bridgehead atoms. The fourth-order valence-corrected chi connectivity index (χ4v) is 4.52. The van der Waals surface area contributed by atoms with E-state index in [1.54, 1.807) is 35.2 Å². The largest absolute Gasteiger partial charge is 0.313 e. The van der Waals surface area contributed by atoms with Crippen LogP contribution >= 0.6 is 39.0 Å². The highest BCUT2D eigenvalue weighted by Crippen LogP contribution is 2.26. The summed E-state index contributed by atoms with van der Waals surface area (Å²) in [5, 5.41) is 5.60. The molecule has 1 heterocycles. The lowest BCUT2D eigenvalue weighted by Gasteiger charge is -2.17. The number of hydrogen-bond donors (Lipinski definition) is 1. The van der Waals surface area contributed by atoms with Crippen molar-refractivity contribution >= 4 is 39.0 Å². The highest BCUT2D eigenvalue weighted by Gasteiger charge is 2.12. The highest BCUT2D eigenvalue weighted by molar-refractivity contribution is 9.10. The third kappa shape index (κ3) is 4.88. The van der Waals surface area contributed by atoms with E-state index in [2.05, 4.69) is 39.6 Å². The molecule has 2 aromatic rings. The Morgan fingerprint density at radius 1 is 1.40 bits per heavy atom. The number of nitrogens with one attached hydrogen (secondary N) is 1. The average Bonchev–Trinajstić information content (AvgIpc) is 2.82. The number of likely N-dealkylation sites (N-methyl/N-ethyl adjacent to an activating group) is 1. The molecule has 0 aliphatic carbocycles. The molecule has 0 radical (unpaired) electrons. The first-order valence-electron chi connectivity index (χ1n) is 6.52. The quantitative estimate of drug-likeness (QED) is 0.688. The maximum atomic E-state index is 13.2. The first-order chi connectivity index (χ1) is 9.69. The van der Waals surface area contributed by atoms with Crippen molar-refractivity contribution < 1.29 is 4.39 Å². The van der Waals surface area contributed by atoms with Gasteiger partial charge in [0, 0.05) is 26.0 Å². The summed E-state index contributed by atoms with van der Waals surface area (Å²) >= 11 is 7.05. The number of benzene rings is 1. The molecular formula is C15H17BrFNS2. The molecule has 108 valence electrons. The minimum absolute atomic E-state index is 0.170. The van der Waals surface area contributed by atoms with E-state index in [0.717, 1.165) is 23.6 Å². The van der Waals surface area contributed by atoms with Gasteiger partial charge in [-0.3, -0.25) is 0 Å². The van der Waals surface area contributed by atoms with E-state index in [4.69, 9.17) is 0 Å². The first kappa shape index (κ1) is 16.0. The van der Waals surface area contributed by atoms with Gasteiger partial charge in [0.05, 0.1) is 0 Å². The van der Waals surface area contributed by atoms with E-state index >= 15 is 0 Å². The van der Waals surface area contributed by atoms with Crippen molar-refractivity contribution in [3.63, 3.8) is 0 Å². The zero-order valence-electron chi connectivity index (χ0n) is 11.2. The van der Waals surface area contributed by atoms with Crippen LogP contribution in [-0.4, -0.2) is 18.3 Å². The molecule has 0 amide bonds. The Morgan fingerprint density at radius 3 is 2.90 bits per heavy atom. The minimum atomic E-state index is -0.170. The molecule has 0 spiro atoms. The molecule has 2 rings (SSSR count). The summed E-state index contributed by atoms with van der Waals surface area (Å²) < 4.78 is 14.3. The fourth-order valence-electron chi connectivity index (χ4n) is 1.93. The van der Waals surface area contributed by atoms with Crippen molar-refractivity contribution in [2.24, 2.45) is 0 Å². The summed E-state index contributed by atoms with van der Waals surface area (Å²) in [6, 6.07) is 9.27. The maximum Gasteiger partial charge on any atom is 0.124 e. The molecule has 1 nitrogen and oxygen atoms in total. The molecule has 0 saturated carbocycles. The smallest absolute Gasteiger partial charge is 0.124 e. The van der Waals surface area contributed by atoms with Gasteiger partial charge in [0.25, 0.3) is 0 Å². The molecule has 20 heavy (non-hydrogen) atoms. The van der Waals surface area contributed by atoms with Crippen molar-refractivity contribution in [3.8, 4) is 0 Å². The Kier molecular flexibility index (Phi) is 6.55. The second-order valence-electron chi connectivity index (χ2n) is 4.42. The van der Waals surface area contributed by atoms with E-state index in [-0.39, 0.29) is 5.82 Å². The molecule has 0 aliphatic heterocycles. The lowest BCUT2D eigenvalue weighted by Crippen LogP contribution is -2.33. The number of thioether (sulfide) groups is 1. The standard InChI is InChI=1S/C15H17BrFNS2/c1-2-18-12(9-15-14(16)6-7-19-15)10-20-13-5-3-4-11(17)8-13/h3-8,12,18H,2,9-10H2,1H3. The van der Waals surface area contributed by atoms with Gasteiger partial charge in [0.1, 0.15) is 5.82 Å². The Labute approximate surface area is 136 Å². The average molecular weight is 374 g/mol. The second-order valence-corrected chi connectivity index (χ2v) is 7.37. The Morgan fingerprint density at radius 2 is 2.25 bits per heavy atom. The van der Waals surface area contributed by atoms with E-state index in [0.29, 0.717) is 6.04 Å². The third-order valence-corrected chi connectivity index (χ3v) is 5.97. The lowest BCUT2D eigenvalue weighted by molar-refractivity contribution is 0.575. The van der Waals surface area contributed by atoms with Crippen molar-refractivity contribution in [2.75, 3.05) is 12.3 Å². The molecule has 0 saturated heterocycles. The number of thiophene rings is 1. The molecule has 1 aromatic carbocycles. The SMILES string of the molecule is CCNC(CSc1cccc(F)c1)Cc1sccc1Br. The van der Waals surface area contributed by atoms with Crippen LogP contribution in [0.3, 0.4) is 0 Å². The topological polar surface area (TPSA) is 12.0 Å². The van der Waals surface area contributed by atoms with Crippen LogP contribution in [0.2, 0.25) is 0 Å².